The zero-order chi connectivity index (χ0) is 20.7. The van der Waals surface area contributed by atoms with Gasteiger partial charge < -0.3 is 14.2 Å². The Morgan fingerprint density at radius 1 is 1.11 bits per heavy atom. The van der Waals surface area contributed by atoms with Gasteiger partial charge in [-0.05, 0) is 58.0 Å². The molecule has 1 aromatic rings. The van der Waals surface area contributed by atoms with Crippen LogP contribution in [0.2, 0.25) is 0 Å². The molecule has 0 spiro atoms. The summed E-state index contributed by atoms with van der Waals surface area (Å²) in [4.78, 5) is 13.5. The highest BCUT2D eigenvalue weighted by Gasteiger charge is 2.51. The summed E-state index contributed by atoms with van der Waals surface area (Å²) in [6.07, 6.45) is -3.33. The maximum absolute atomic E-state index is 13.2. The second kappa shape index (κ2) is 7.37. The number of likely N-dealkylation sites (tertiary alicyclic amines) is 1. The predicted molar refractivity (Wildman–Crippen MR) is 101 cm³/mol. The Bertz CT molecular complexity index is 702. The van der Waals surface area contributed by atoms with Crippen LogP contribution >= 0.6 is 0 Å². The van der Waals surface area contributed by atoms with Crippen molar-refractivity contribution in [2.24, 2.45) is 0 Å². The highest BCUT2D eigenvalue weighted by Crippen LogP contribution is 2.36. The molecule has 0 radical (unpaired) electrons. The number of rotatable bonds is 3. The van der Waals surface area contributed by atoms with Crippen LogP contribution in [0.25, 0.3) is 0 Å². The first kappa shape index (κ1) is 21.2. The highest BCUT2D eigenvalue weighted by atomic mass is 19.4. The number of hydrogen-bond donors (Lipinski definition) is 0. The summed E-state index contributed by atoms with van der Waals surface area (Å²) in [6, 6.07) is 5.46. The molecule has 0 aromatic heterocycles. The van der Waals surface area contributed by atoms with Crippen LogP contribution in [0.4, 0.5) is 13.2 Å². The van der Waals surface area contributed by atoms with Gasteiger partial charge in [0.25, 0.3) is 0 Å². The summed E-state index contributed by atoms with van der Waals surface area (Å²) in [5.74, 6) is -0.481. The molecule has 1 aromatic carbocycles. The van der Waals surface area contributed by atoms with Crippen molar-refractivity contribution in [1.82, 2.24) is 4.90 Å². The lowest BCUT2D eigenvalue weighted by Gasteiger charge is -2.36. The van der Waals surface area contributed by atoms with E-state index in [-0.39, 0.29) is 19.4 Å². The van der Waals surface area contributed by atoms with Gasteiger partial charge in [0.15, 0.2) is 0 Å². The van der Waals surface area contributed by atoms with E-state index >= 15 is 0 Å². The van der Waals surface area contributed by atoms with Crippen LogP contribution in [-0.2, 0) is 20.5 Å². The molecular formula is C20H27BF3NO3. The number of carbonyl (C=O) groups is 1. The first-order chi connectivity index (χ1) is 12.9. The summed E-state index contributed by atoms with van der Waals surface area (Å²) in [5.41, 5.74) is 0.595. The Morgan fingerprint density at radius 2 is 1.68 bits per heavy atom. The van der Waals surface area contributed by atoms with Crippen LogP contribution in [0.5, 0.6) is 0 Å². The molecule has 0 N–H and O–H groups in total. The van der Waals surface area contributed by atoms with E-state index in [4.69, 9.17) is 9.31 Å². The fourth-order valence-corrected chi connectivity index (χ4v) is 3.62. The molecule has 2 heterocycles. The monoisotopic (exact) mass is 397 g/mol. The molecule has 2 aliphatic rings. The standard InChI is InChI=1S/C20H27BF3NO3/c1-18(2)19(3,4)28-21(27-18)15-10-8-14(9-11-15)13-17(26)25-12-6-5-7-16(25)20(22,23)24/h8-11,16H,5-7,12-13H2,1-4H3. The van der Waals surface area contributed by atoms with E-state index in [0.29, 0.717) is 18.4 Å². The maximum Gasteiger partial charge on any atom is 0.494 e. The number of amides is 1. The van der Waals surface area contributed by atoms with Crippen molar-refractivity contribution in [3.63, 3.8) is 0 Å². The van der Waals surface area contributed by atoms with E-state index in [9.17, 15) is 18.0 Å². The molecule has 3 rings (SSSR count). The average molecular weight is 397 g/mol. The van der Waals surface area contributed by atoms with Gasteiger partial charge in [-0.25, -0.2) is 0 Å². The Hall–Kier alpha value is -1.54. The third-order valence-corrected chi connectivity index (χ3v) is 6.06. The van der Waals surface area contributed by atoms with Crippen molar-refractivity contribution >= 4 is 18.5 Å². The summed E-state index contributed by atoms with van der Waals surface area (Å²) < 4.78 is 51.7. The minimum Gasteiger partial charge on any atom is -0.399 e. The number of piperidine rings is 1. The summed E-state index contributed by atoms with van der Waals surface area (Å²) in [7, 11) is -0.508. The summed E-state index contributed by atoms with van der Waals surface area (Å²) in [6.45, 7) is 8.03. The fraction of sp³-hybridized carbons (Fsp3) is 0.650. The van der Waals surface area contributed by atoms with Crippen LogP contribution in [0, 0.1) is 0 Å². The van der Waals surface area contributed by atoms with Gasteiger partial charge in [-0.1, -0.05) is 24.3 Å². The number of carbonyl (C=O) groups excluding carboxylic acids is 1. The van der Waals surface area contributed by atoms with Crippen molar-refractivity contribution in [3.05, 3.63) is 29.8 Å². The average Bonchev–Trinajstić information content (AvgIpc) is 2.82. The van der Waals surface area contributed by atoms with E-state index in [1.54, 1.807) is 12.1 Å². The molecule has 0 bridgehead atoms. The Balaban J connectivity index is 1.67. The Kier molecular flexibility index (Phi) is 5.58. The molecule has 2 saturated heterocycles. The predicted octanol–water partition coefficient (Wildman–Crippen LogP) is 3.47. The van der Waals surface area contributed by atoms with E-state index in [1.165, 1.54) is 0 Å². The fourth-order valence-electron chi connectivity index (χ4n) is 3.62. The number of alkyl halides is 3. The molecule has 2 fully saturated rings. The van der Waals surface area contributed by atoms with E-state index in [2.05, 4.69) is 0 Å². The first-order valence-electron chi connectivity index (χ1n) is 9.71. The van der Waals surface area contributed by atoms with Gasteiger partial charge in [-0.3, -0.25) is 4.79 Å². The van der Waals surface area contributed by atoms with Crippen LogP contribution in [0.3, 0.4) is 0 Å². The molecule has 0 aliphatic carbocycles. The highest BCUT2D eigenvalue weighted by molar-refractivity contribution is 6.62. The Labute approximate surface area is 164 Å². The molecule has 0 saturated carbocycles. The zero-order valence-corrected chi connectivity index (χ0v) is 16.8. The van der Waals surface area contributed by atoms with E-state index in [0.717, 1.165) is 10.4 Å². The molecular weight excluding hydrogens is 370 g/mol. The van der Waals surface area contributed by atoms with Gasteiger partial charge in [0, 0.05) is 6.54 Å². The smallest absolute Gasteiger partial charge is 0.399 e. The second-order valence-electron chi connectivity index (χ2n) is 8.65. The van der Waals surface area contributed by atoms with Crippen molar-refractivity contribution < 1.29 is 27.3 Å². The van der Waals surface area contributed by atoms with Gasteiger partial charge in [-0.15, -0.1) is 0 Å². The van der Waals surface area contributed by atoms with Crippen molar-refractivity contribution in [2.75, 3.05) is 6.54 Å². The van der Waals surface area contributed by atoms with Gasteiger partial charge in [0.2, 0.25) is 5.91 Å². The Morgan fingerprint density at radius 3 is 2.21 bits per heavy atom. The molecule has 4 nitrogen and oxygen atoms in total. The van der Waals surface area contributed by atoms with Gasteiger partial charge in [-0.2, -0.15) is 13.2 Å². The number of nitrogens with zero attached hydrogens (tertiary/aromatic N) is 1. The molecule has 8 heteroatoms. The minimum absolute atomic E-state index is 0.0178. The normalized spacial score (nSPS) is 24.5. The quantitative estimate of drug-likeness (QED) is 0.734. The molecule has 1 unspecified atom stereocenters. The molecule has 154 valence electrons. The van der Waals surface area contributed by atoms with Crippen LogP contribution in [0.1, 0.15) is 52.5 Å². The zero-order valence-electron chi connectivity index (χ0n) is 16.8. The van der Waals surface area contributed by atoms with Crippen LogP contribution in [-0.4, -0.2) is 47.9 Å². The largest absolute Gasteiger partial charge is 0.494 e. The summed E-state index contributed by atoms with van der Waals surface area (Å²) in [5, 5.41) is 0. The third-order valence-electron chi connectivity index (χ3n) is 6.06. The van der Waals surface area contributed by atoms with Gasteiger partial charge in [0.1, 0.15) is 6.04 Å². The maximum atomic E-state index is 13.2. The molecule has 2 aliphatic heterocycles. The SMILES string of the molecule is CC1(C)OB(c2ccc(CC(=O)N3CCCCC3C(F)(F)F)cc2)OC1(C)C. The van der Waals surface area contributed by atoms with E-state index < -0.39 is 36.4 Å². The summed E-state index contributed by atoms with van der Waals surface area (Å²) >= 11 is 0. The molecule has 28 heavy (non-hydrogen) atoms. The molecule has 1 atom stereocenters. The van der Waals surface area contributed by atoms with Crippen LogP contribution < -0.4 is 5.46 Å². The minimum atomic E-state index is -4.38. The van der Waals surface area contributed by atoms with Crippen LogP contribution in [0.15, 0.2) is 24.3 Å². The lowest BCUT2D eigenvalue weighted by molar-refractivity contribution is -0.195. The number of hydrogen-bond acceptors (Lipinski definition) is 3. The molecule has 1 amide bonds. The van der Waals surface area contributed by atoms with Gasteiger partial charge in [0.05, 0.1) is 17.6 Å². The number of halogens is 3. The first-order valence-corrected chi connectivity index (χ1v) is 9.71. The number of benzene rings is 1. The third kappa shape index (κ3) is 4.22. The van der Waals surface area contributed by atoms with Crippen molar-refractivity contribution in [1.29, 1.82) is 0 Å². The lowest BCUT2D eigenvalue weighted by Crippen LogP contribution is -2.51. The topological polar surface area (TPSA) is 38.8 Å². The van der Waals surface area contributed by atoms with Crippen molar-refractivity contribution in [2.45, 2.75) is 76.8 Å². The van der Waals surface area contributed by atoms with E-state index in [1.807, 2.05) is 39.8 Å². The second-order valence-corrected chi connectivity index (χ2v) is 8.65. The van der Waals surface area contributed by atoms with Crippen molar-refractivity contribution in [3.8, 4) is 0 Å². The lowest BCUT2D eigenvalue weighted by atomic mass is 9.79. The van der Waals surface area contributed by atoms with Gasteiger partial charge >= 0.3 is 13.3 Å².